The molecule has 7 heteroatoms. The summed E-state index contributed by atoms with van der Waals surface area (Å²) in [5.74, 6) is -0.336. The van der Waals surface area contributed by atoms with Crippen LogP contribution in [0.2, 0.25) is 0 Å². The van der Waals surface area contributed by atoms with E-state index in [2.05, 4.69) is 5.32 Å². The first-order valence-electron chi connectivity index (χ1n) is 9.37. The predicted octanol–water partition coefficient (Wildman–Crippen LogP) is 3.46. The molecule has 4 rings (SSSR count). The van der Waals surface area contributed by atoms with Gasteiger partial charge in [-0.1, -0.05) is 30.3 Å². The normalized spacial score (nSPS) is 12.6. The van der Waals surface area contributed by atoms with Crippen LogP contribution in [0.25, 0.3) is 10.8 Å². The van der Waals surface area contributed by atoms with Crippen molar-refractivity contribution in [3.05, 3.63) is 81.9 Å². The molecule has 0 aromatic heterocycles. The van der Waals surface area contributed by atoms with Crippen LogP contribution in [0.4, 0.5) is 11.4 Å². The molecule has 0 atom stereocenters. The van der Waals surface area contributed by atoms with E-state index < -0.39 is 4.92 Å². The van der Waals surface area contributed by atoms with Crippen molar-refractivity contribution in [3.63, 3.8) is 0 Å². The molecule has 2 amide bonds. The molecule has 29 heavy (non-hydrogen) atoms. The third kappa shape index (κ3) is 3.80. The van der Waals surface area contributed by atoms with Crippen LogP contribution in [0, 0.1) is 10.1 Å². The van der Waals surface area contributed by atoms with E-state index in [1.54, 1.807) is 17.0 Å². The molecular formula is C22H19N3O4. The van der Waals surface area contributed by atoms with Gasteiger partial charge in [-0.25, -0.2) is 0 Å². The van der Waals surface area contributed by atoms with E-state index in [-0.39, 0.29) is 30.5 Å². The van der Waals surface area contributed by atoms with Crippen molar-refractivity contribution in [2.45, 2.75) is 12.8 Å². The number of non-ortho nitro benzene ring substituents is 1. The Kier molecular flexibility index (Phi) is 4.95. The number of benzene rings is 3. The fraction of sp³-hybridized carbons (Fsp3) is 0.182. The second kappa shape index (κ2) is 7.71. The van der Waals surface area contributed by atoms with Gasteiger partial charge in [0.2, 0.25) is 5.91 Å². The van der Waals surface area contributed by atoms with Crippen molar-refractivity contribution < 1.29 is 14.5 Å². The highest BCUT2D eigenvalue weighted by molar-refractivity contribution is 5.99. The van der Waals surface area contributed by atoms with Crippen LogP contribution in [-0.4, -0.2) is 29.8 Å². The maximum Gasteiger partial charge on any atom is 0.269 e. The van der Waals surface area contributed by atoms with Gasteiger partial charge >= 0.3 is 0 Å². The molecule has 0 saturated carbocycles. The van der Waals surface area contributed by atoms with Crippen LogP contribution in [0.15, 0.2) is 60.7 Å². The summed E-state index contributed by atoms with van der Waals surface area (Å²) in [5, 5.41) is 15.7. The third-order valence-electron chi connectivity index (χ3n) is 5.11. The molecular weight excluding hydrogens is 370 g/mol. The number of fused-ring (bicyclic) bond motifs is 2. The Morgan fingerprint density at radius 3 is 2.62 bits per heavy atom. The van der Waals surface area contributed by atoms with Gasteiger partial charge in [0.05, 0.1) is 4.92 Å². The Labute approximate surface area is 167 Å². The van der Waals surface area contributed by atoms with Crippen LogP contribution >= 0.6 is 0 Å². The Bertz CT molecular complexity index is 1130. The number of hydrogen-bond donors (Lipinski definition) is 1. The van der Waals surface area contributed by atoms with Gasteiger partial charge in [-0.2, -0.15) is 0 Å². The van der Waals surface area contributed by atoms with Gasteiger partial charge in [-0.05, 0) is 41.0 Å². The molecule has 3 aromatic rings. The zero-order valence-corrected chi connectivity index (χ0v) is 15.6. The highest BCUT2D eigenvalue weighted by Gasteiger charge is 2.26. The standard InChI is InChI=1S/C22H19N3O4/c26-21(24-12-10-17-14-19(25(28)29)7-8-20(17)24)9-11-23-22(27)18-6-5-15-3-1-2-4-16(15)13-18/h1-8,13-14H,9-12H2,(H,23,27). The van der Waals surface area contributed by atoms with Crippen molar-refractivity contribution in [2.75, 3.05) is 18.0 Å². The lowest BCUT2D eigenvalue weighted by molar-refractivity contribution is -0.384. The summed E-state index contributed by atoms with van der Waals surface area (Å²) in [6.07, 6.45) is 0.752. The second-order valence-corrected chi connectivity index (χ2v) is 6.93. The number of amides is 2. The molecule has 0 fully saturated rings. The lowest BCUT2D eigenvalue weighted by Gasteiger charge is -2.17. The van der Waals surface area contributed by atoms with Crippen molar-refractivity contribution in [3.8, 4) is 0 Å². The average Bonchev–Trinajstić information content (AvgIpc) is 3.16. The van der Waals surface area contributed by atoms with Crippen LogP contribution in [0.5, 0.6) is 0 Å². The summed E-state index contributed by atoms with van der Waals surface area (Å²) in [6.45, 7) is 0.720. The predicted molar refractivity (Wildman–Crippen MR) is 110 cm³/mol. The van der Waals surface area contributed by atoms with E-state index in [1.807, 2.05) is 36.4 Å². The molecule has 1 aliphatic rings. The molecule has 0 saturated heterocycles. The van der Waals surface area contributed by atoms with Gasteiger partial charge in [0.25, 0.3) is 11.6 Å². The topological polar surface area (TPSA) is 92.6 Å². The van der Waals surface area contributed by atoms with Gasteiger partial charge in [-0.3, -0.25) is 19.7 Å². The summed E-state index contributed by atoms with van der Waals surface area (Å²) in [4.78, 5) is 37.0. The first-order valence-corrected chi connectivity index (χ1v) is 9.37. The number of nitro groups is 1. The summed E-state index contributed by atoms with van der Waals surface area (Å²) in [6, 6.07) is 17.8. The van der Waals surface area contributed by atoms with E-state index in [0.717, 1.165) is 16.3 Å². The van der Waals surface area contributed by atoms with E-state index >= 15 is 0 Å². The molecule has 1 N–H and O–H groups in total. The average molecular weight is 389 g/mol. The monoisotopic (exact) mass is 389 g/mol. The molecule has 0 radical (unpaired) electrons. The minimum Gasteiger partial charge on any atom is -0.352 e. The molecule has 1 aliphatic heterocycles. The molecule has 0 bridgehead atoms. The SMILES string of the molecule is O=C(NCCC(=O)N1CCc2cc([N+](=O)[O-])ccc21)c1ccc2ccccc2c1. The number of carbonyl (C=O) groups excluding carboxylic acids is 2. The molecule has 0 unspecified atom stereocenters. The number of nitrogens with one attached hydrogen (secondary N) is 1. The Balaban J connectivity index is 1.36. The van der Waals surface area contributed by atoms with Crippen molar-refractivity contribution in [1.82, 2.24) is 5.32 Å². The van der Waals surface area contributed by atoms with E-state index in [0.29, 0.717) is 24.2 Å². The number of hydrogen-bond acceptors (Lipinski definition) is 4. The van der Waals surface area contributed by atoms with Gasteiger partial charge in [-0.15, -0.1) is 0 Å². The van der Waals surface area contributed by atoms with E-state index in [1.165, 1.54) is 12.1 Å². The lowest BCUT2D eigenvalue weighted by atomic mass is 10.1. The van der Waals surface area contributed by atoms with Gasteiger partial charge in [0.1, 0.15) is 0 Å². The highest BCUT2D eigenvalue weighted by Crippen LogP contribution is 2.31. The maximum absolute atomic E-state index is 12.6. The third-order valence-corrected chi connectivity index (χ3v) is 5.11. The van der Waals surface area contributed by atoms with Crippen molar-refractivity contribution >= 4 is 34.0 Å². The molecule has 1 heterocycles. The smallest absolute Gasteiger partial charge is 0.269 e. The maximum atomic E-state index is 12.6. The quantitative estimate of drug-likeness (QED) is 0.534. The first kappa shape index (κ1) is 18.6. The molecule has 7 nitrogen and oxygen atoms in total. The Hall–Kier alpha value is -3.74. The first-order chi connectivity index (χ1) is 14.0. The molecule has 0 aliphatic carbocycles. The van der Waals surface area contributed by atoms with Crippen LogP contribution in [0.3, 0.4) is 0 Å². The number of anilines is 1. The van der Waals surface area contributed by atoms with Gasteiger partial charge < -0.3 is 10.2 Å². The minimum absolute atomic E-state index is 0.0284. The number of nitrogens with zero attached hydrogens (tertiary/aromatic N) is 2. The van der Waals surface area contributed by atoms with Gasteiger partial charge in [0.15, 0.2) is 0 Å². The summed E-state index contributed by atoms with van der Waals surface area (Å²) in [5.41, 5.74) is 2.09. The molecule has 0 spiro atoms. The fourth-order valence-electron chi connectivity index (χ4n) is 3.61. The highest BCUT2D eigenvalue weighted by atomic mass is 16.6. The largest absolute Gasteiger partial charge is 0.352 e. The summed E-state index contributed by atoms with van der Waals surface area (Å²) < 4.78 is 0. The van der Waals surface area contributed by atoms with Crippen LogP contribution in [-0.2, 0) is 11.2 Å². The number of nitro benzene ring substituents is 1. The Morgan fingerprint density at radius 1 is 1.03 bits per heavy atom. The zero-order valence-electron chi connectivity index (χ0n) is 15.6. The minimum atomic E-state index is -0.437. The molecule has 3 aromatic carbocycles. The zero-order chi connectivity index (χ0) is 20.4. The summed E-state index contributed by atoms with van der Waals surface area (Å²) in [7, 11) is 0. The van der Waals surface area contributed by atoms with E-state index in [4.69, 9.17) is 0 Å². The van der Waals surface area contributed by atoms with Crippen LogP contribution in [0.1, 0.15) is 22.3 Å². The van der Waals surface area contributed by atoms with Gasteiger partial charge in [0, 0.05) is 42.9 Å². The van der Waals surface area contributed by atoms with E-state index in [9.17, 15) is 19.7 Å². The van der Waals surface area contributed by atoms with Crippen molar-refractivity contribution in [2.24, 2.45) is 0 Å². The van der Waals surface area contributed by atoms with Crippen LogP contribution < -0.4 is 10.2 Å². The lowest BCUT2D eigenvalue weighted by Crippen LogP contribution is -2.33. The Morgan fingerprint density at radius 2 is 1.83 bits per heavy atom. The molecule has 146 valence electrons. The number of carbonyl (C=O) groups is 2. The second-order valence-electron chi connectivity index (χ2n) is 6.93. The summed E-state index contributed by atoms with van der Waals surface area (Å²) >= 11 is 0. The van der Waals surface area contributed by atoms with Crippen molar-refractivity contribution in [1.29, 1.82) is 0 Å². The fourth-order valence-corrected chi connectivity index (χ4v) is 3.61. The number of rotatable bonds is 5.